The summed E-state index contributed by atoms with van der Waals surface area (Å²) in [6.07, 6.45) is 1.88. The Morgan fingerprint density at radius 1 is 1.39 bits per heavy atom. The van der Waals surface area contributed by atoms with E-state index < -0.39 is 15.8 Å². The van der Waals surface area contributed by atoms with Gasteiger partial charge in [-0.3, -0.25) is 9.71 Å². The van der Waals surface area contributed by atoms with Crippen LogP contribution in [0.5, 0.6) is 0 Å². The Hall–Kier alpha value is -1.17. The highest BCUT2D eigenvalue weighted by Crippen LogP contribution is 2.28. The Balaban J connectivity index is 3.18. The first-order valence-electron chi connectivity index (χ1n) is 5.88. The molecule has 0 amide bonds. The molecule has 1 heterocycles. The molecule has 0 radical (unpaired) electrons. The van der Waals surface area contributed by atoms with E-state index in [1.807, 2.05) is 20.8 Å². The lowest BCUT2D eigenvalue weighted by Gasteiger charge is -2.22. The van der Waals surface area contributed by atoms with Gasteiger partial charge in [-0.2, -0.15) is 0 Å². The van der Waals surface area contributed by atoms with Gasteiger partial charge in [-0.05, 0) is 19.4 Å². The first kappa shape index (κ1) is 14.9. The molecule has 0 saturated carbocycles. The molecular weight excluding hydrogens is 255 g/mol. The highest BCUT2D eigenvalue weighted by molar-refractivity contribution is 7.92. The first-order chi connectivity index (χ1) is 8.22. The topological polar surface area (TPSA) is 59.1 Å². The van der Waals surface area contributed by atoms with Crippen molar-refractivity contribution >= 4 is 15.7 Å². The molecule has 0 aromatic carbocycles. The van der Waals surface area contributed by atoms with Crippen LogP contribution < -0.4 is 4.72 Å². The number of halogens is 1. The van der Waals surface area contributed by atoms with Crippen LogP contribution >= 0.6 is 0 Å². The van der Waals surface area contributed by atoms with E-state index in [4.69, 9.17) is 0 Å². The van der Waals surface area contributed by atoms with E-state index in [1.165, 1.54) is 13.0 Å². The van der Waals surface area contributed by atoms with Crippen molar-refractivity contribution in [3.8, 4) is 0 Å². The average molecular weight is 274 g/mol. The van der Waals surface area contributed by atoms with Gasteiger partial charge in [0.1, 0.15) is 0 Å². The summed E-state index contributed by atoms with van der Waals surface area (Å²) in [7, 11) is -3.48. The third-order valence-corrected chi connectivity index (χ3v) is 4.37. The van der Waals surface area contributed by atoms with Gasteiger partial charge >= 0.3 is 0 Å². The number of rotatable bonds is 5. The maximum Gasteiger partial charge on any atom is 0.232 e. The van der Waals surface area contributed by atoms with Crippen LogP contribution in [-0.2, 0) is 15.4 Å². The molecule has 1 N–H and O–H groups in total. The highest BCUT2D eigenvalue weighted by atomic mass is 32.2. The predicted octanol–water partition coefficient (Wildman–Crippen LogP) is 2.67. The molecule has 1 aromatic heterocycles. The Bertz CT molecular complexity index is 527. The normalized spacial score (nSPS) is 12.5. The number of nitrogens with zero attached hydrogens (tertiary/aromatic N) is 1. The molecule has 4 nitrogen and oxygen atoms in total. The van der Waals surface area contributed by atoms with E-state index in [9.17, 15) is 12.8 Å². The number of hydrogen-bond acceptors (Lipinski definition) is 3. The second kappa shape index (κ2) is 5.22. The van der Waals surface area contributed by atoms with E-state index in [1.54, 1.807) is 0 Å². The summed E-state index contributed by atoms with van der Waals surface area (Å²) >= 11 is 0. The summed E-state index contributed by atoms with van der Waals surface area (Å²) in [6, 6.07) is 1.46. The van der Waals surface area contributed by atoms with Crippen molar-refractivity contribution in [2.24, 2.45) is 0 Å². The minimum absolute atomic E-state index is 0.0385. The maximum atomic E-state index is 13.5. The second-order valence-corrected chi connectivity index (χ2v) is 6.80. The average Bonchev–Trinajstić information content (AvgIpc) is 2.31. The molecule has 18 heavy (non-hydrogen) atoms. The molecule has 1 rings (SSSR count). The lowest BCUT2D eigenvalue weighted by Crippen LogP contribution is -2.20. The fourth-order valence-corrected chi connectivity index (χ4v) is 1.94. The van der Waals surface area contributed by atoms with Crippen LogP contribution in [0.25, 0.3) is 0 Å². The van der Waals surface area contributed by atoms with E-state index in [0.29, 0.717) is 5.69 Å². The van der Waals surface area contributed by atoms with Gasteiger partial charge < -0.3 is 0 Å². The van der Waals surface area contributed by atoms with Crippen molar-refractivity contribution in [3.05, 3.63) is 23.8 Å². The Labute approximate surface area is 108 Å². The number of pyridine rings is 1. The molecule has 0 saturated heterocycles. The SMILES string of the molecule is CCC(C)(C)c1cc(NS(=O)(=O)CC)c(F)cn1. The summed E-state index contributed by atoms with van der Waals surface area (Å²) in [4.78, 5) is 4.03. The molecule has 0 aliphatic rings. The van der Waals surface area contributed by atoms with Gasteiger partial charge in [-0.1, -0.05) is 20.8 Å². The Kier molecular flexibility index (Phi) is 4.32. The number of nitrogens with one attached hydrogen (secondary N) is 1. The quantitative estimate of drug-likeness (QED) is 0.898. The standard InChI is InChI=1S/C12H19FN2O2S/c1-5-12(3,4)11-7-10(9(13)8-14-11)15-18(16,17)6-2/h7-8H,5-6H2,1-4H3,(H,14,15). The predicted molar refractivity (Wildman–Crippen MR) is 70.6 cm³/mol. The lowest BCUT2D eigenvalue weighted by atomic mass is 9.86. The molecule has 0 aliphatic carbocycles. The van der Waals surface area contributed by atoms with Crippen molar-refractivity contribution in [1.29, 1.82) is 0 Å². The van der Waals surface area contributed by atoms with Crippen molar-refractivity contribution in [3.63, 3.8) is 0 Å². The van der Waals surface area contributed by atoms with Crippen molar-refractivity contribution in [2.75, 3.05) is 10.5 Å². The van der Waals surface area contributed by atoms with Crippen LogP contribution in [0, 0.1) is 5.82 Å². The second-order valence-electron chi connectivity index (χ2n) is 4.79. The number of hydrogen-bond donors (Lipinski definition) is 1. The molecule has 0 unspecified atom stereocenters. The maximum absolute atomic E-state index is 13.5. The number of aromatic nitrogens is 1. The molecule has 102 valence electrons. The number of anilines is 1. The van der Waals surface area contributed by atoms with Crippen LogP contribution in [0.3, 0.4) is 0 Å². The minimum atomic E-state index is -3.48. The fourth-order valence-electron chi connectivity index (χ4n) is 1.31. The van der Waals surface area contributed by atoms with Gasteiger partial charge in [-0.15, -0.1) is 0 Å². The third kappa shape index (κ3) is 3.41. The highest BCUT2D eigenvalue weighted by Gasteiger charge is 2.22. The van der Waals surface area contributed by atoms with E-state index >= 15 is 0 Å². The zero-order valence-electron chi connectivity index (χ0n) is 11.1. The van der Waals surface area contributed by atoms with E-state index in [2.05, 4.69) is 9.71 Å². The molecule has 0 atom stereocenters. The fraction of sp³-hybridized carbons (Fsp3) is 0.583. The molecule has 0 fully saturated rings. The van der Waals surface area contributed by atoms with Gasteiger partial charge in [0.2, 0.25) is 10.0 Å². The van der Waals surface area contributed by atoms with Crippen LogP contribution in [0.15, 0.2) is 12.3 Å². The van der Waals surface area contributed by atoms with Gasteiger partial charge in [0, 0.05) is 11.1 Å². The molecule has 0 aliphatic heterocycles. The first-order valence-corrected chi connectivity index (χ1v) is 7.53. The van der Waals surface area contributed by atoms with Crippen LogP contribution in [0.4, 0.5) is 10.1 Å². The van der Waals surface area contributed by atoms with Crippen molar-refractivity contribution < 1.29 is 12.8 Å². The lowest BCUT2D eigenvalue weighted by molar-refractivity contribution is 0.487. The van der Waals surface area contributed by atoms with Crippen molar-refractivity contribution in [2.45, 2.75) is 39.5 Å². The van der Waals surface area contributed by atoms with Gasteiger partial charge in [-0.25, -0.2) is 12.8 Å². The Morgan fingerprint density at radius 3 is 2.50 bits per heavy atom. The van der Waals surface area contributed by atoms with Crippen LogP contribution in [0.2, 0.25) is 0 Å². The van der Waals surface area contributed by atoms with Gasteiger partial charge in [0.05, 0.1) is 17.6 Å². The molecule has 6 heteroatoms. The monoisotopic (exact) mass is 274 g/mol. The zero-order valence-corrected chi connectivity index (χ0v) is 11.9. The smallest absolute Gasteiger partial charge is 0.232 e. The summed E-state index contributed by atoms with van der Waals surface area (Å²) in [5.74, 6) is -0.760. The third-order valence-electron chi connectivity index (χ3n) is 3.08. The van der Waals surface area contributed by atoms with Crippen LogP contribution in [-0.4, -0.2) is 19.2 Å². The number of sulfonamides is 1. The molecule has 0 spiro atoms. The van der Waals surface area contributed by atoms with Gasteiger partial charge in [0.15, 0.2) is 5.82 Å². The van der Waals surface area contributed by atoms with Crippen molar-refractivity contribution in [1.82, 2.24) is 4.98 Å². The van der Waals surface area contributed by atoms with E-state index in [0.717, 1.165) is 12.6 Å². The molecular formula is C12H19FN2O2S. The van der Waals surface area contributed by atoms with Crippen LogP contribution in [0.1, 0.15) is 39.8 Å². The largest absolute Gasteiger partial charge is 0.280 e. The summed E-state index contributed by atoms with van der Waals surface area (Å²) in [5.41, 5.74) is 0.406. The summed E-state index contributed by atoms with van der Waals surface area (Å²) in [5, 5.41) is 0. The van der Waals surface area contributed by atoms with Gasteiger partial charge in [0.25, 0.3) is 0 Å². The Morgan fingerprint density at radius 2 is 2.00 bits per heavy atom. The molecule has 1 aromatic rings. The summed E-state index contributed by atoms with van der Waals surface area (Å²) in [6.45, 7) is 7.45. The molecule has 0 bridgehead atoms. The van der Waals surface area contributed by atoms with E-state index in [-0.39, 0.29) is 16.9 Å². The minimum Gasteiger partial charge on any atom is -0.280 e. The zero-order chi connectivity index (χ0) is 14.0. The summed E-state index contributed by atoms with van der Waals surface area (Å²) < 4.78 is 38.7.